The zero-order valence-corrected chi connectivity index (χ0v) is 21.1. The molecule has 7 nitrogen and oxygen atoms in total. The summed E-state index contributed by atoms with van der Waals surface area (Å²) in [6, 6.07) is 10.0. The van der Waals surface area contributed by atoms with Crippen molar-refractivity contribution in [1.29, 1.82) is 0 Å². The van der Waals surface area contributed by atoms with Crippen molar-refractivity contribution in [1.82, 2.24) is 30.0 Å². The van der Waals surface area contributed by atoms with E-state index in [4.69, 9.17) is 4.98 Å². The highest BCUT2D eigenvalue weighted by atomic mass is 19.1. The van der Waals surface area contributed by atoms with E-state index in [0.717, 1.165) is 70.0 Å². The number of likely N-dealkylation sites (N-methyl/N-ethyl adjacent to an activating group) is 1. The summed E-state index contributed by atoms with van der Waals surface area (Å²) in [7, 11) is 2.21. The Bertz CT molecular complexity index is 1430. The van der Waals surface area contributed by atoms with Gasteiger partial charge in [-0.1, -0.05) is 13.0 Å². The molecule has 0 saturated carbocycles. The van der Waals surface area contributed by atoms with E-state index < -0.39 is 5.82 Å². The number of benzene rings is 2. The van der Waals surface area contributed by atoms with Crippen molar-refractivity contribution in [3.05, 3.63) is 53.1 Å². The molecule has 2 aliphatic heterocycles. The summed E-state index contributed by atoms with van der Waals surface area (Å²) >= 11 is 0. The number of likely N-dealkylation sites (tertiary alicyclic amines) is 1. The lowest BCUT2D eigenvalue weighted by molar-refractivity contribution is 0.140. The van der Waals surface area contributed by atoms with Crippen LogP contribution < -0.4 is 0 Å². The van der Waals surface area contributed by atoms with Gasteiger partial charge in [0.1, 0.15) is 5.69 Å². The van der Waals surface area contributed by atoms with Gasteiger partial charge in [-0.2, -0.15) is 5.10 Å². The number of hydrogen-bond acceptors (Lipinski definition) is 5. The van der Waals surface area contributed by atoms with Crippen LogP contribution in [-0.4, -0.2) is 67.3 Å². The first kappa shape index (κ1) is 23.2. The van der Waals surface area contributed by atoms with Crippen LogP contribution in [0.25, 0.3) is 33.5 Å². The molecule has 4 heterocycles. The number of nitrogens with zero attached hydrogens (tertiary/aromatic N) is 4. The Hall–Kier alpha value is -3.23. The summed E-state index contributed by atoms with van der Waals surface area (Å²) < 4.78 is 14.1. The van der Waals surface area contributed by atoms with Gasteiger partial charge in [0.25, 0.3) is 0 Å². The Kier molecular flexibility index (Phi) is 5.80. The normalized spacial score (nSPS) is 20.9. The molecule has 188 valence electrons. The molecule has 2 aromatic heterocycles. The first-order valence-corrected chi connectivity index (χ1v) is 12.9. The highest BCUT2D eigenvalue weighted by Gasteiger charge is 2.31. The molecule has 0 spiro atoms. The lowest BCUT2D eigenvalue weighted by Gasteiger charge is -2.35. The van der Waals surface area contributed by atoms with Crippen LogP contribution in [0.15, 0.2) is 30.3 Å². The van der Waals surface area contributed by atoms with E-state index in [1.165, 1.54) is 31.5 Å². The van der Waals surface area contributed by atoms with Crippen LogP contribution in [0.5, 0.6) is 5.75 Å². The summed E-state index contributed by atoms with van der Waals surface area (Å²) in [6.07, 6.45) is 4.22. The van der Waals surface area contributed by atoms with Crippen molar-refractivity contribution < 1.29 is 9.50 Å². The van der Waals surface area contributed by atoms with Crippen LogP contribution in [0, 0.1) is 5.82 Å². The molecule has 0 aliphatic carbocycles. The number of nitrogens with one attached hydrogen (secondary N) is 2. The second-order valence-corrected chi connectivity index (χ2v) is 10.4. The second-order valence-electron chi connectivity index (χ2n) is 10.4. The largest absolute Gasteiger partial charge is 0.505 e. The number of aromatic hydroxyl groups is 1. The van der Waals surface area contributed by atoms with Crippen molar-refractivity contribution >= 4 is 10.9 Å². The minimum atomic E-state index is -0.615. The van der Waals surface area contributed by atoms with Gasteiger partial charge in [0.15, 0.2) is 17.4 Å². The van der Waals surface area contributed by atoms with E-state index in [2.05, 4.69) is 39.0 Å². The minimum absolute atomic E-state index is 0.315. The number of phenolic OH excluding ortho intramolecular Hbond substituents is 1. The van der Waals surface area contributed by atoms with Gasteiger partial charge in [-0.05, 0) is 80.7 Å². The molecule has 0 bridgehead atoms. The predicted molar refractivity (Wildman–Crippen MR) is 139 cm³/mol. The first-order chi connectivity index (χ1) is 17.4. The molecule has 8 heteroatoms. The van der Waals surface area contributed by atoms with Crippen molar-refractivity contribution in [3.8, 4) is 28.4 Å². The molecule has 36 heavy (non-hydrogen) atoms. The molecule has 1 unspecified atom stereocenters. The van der Waals surface area contributed by atoms with E-state index in [-0.39, 0.29) is 5.75 Å². The molecular weight excluding hydrogens is 455 g/mol. The van der Waals surface area contributed by atoms with E-state index in [1.807, 2.05) is 25.1 Å². The molecule has 6 rings (SSSR count). The maximum absolute atomic E-state index is 14.1. The monoisotopic (exact) mass is 488 g/mol. The quantitative estimate of drug-likeness (QED) is 0.373. The van der Waals surface area contributed by atoms with Gasteiger partial charge in [0, 0.05) is 37.0 Å². The number of aryl methyl sites for hydroxylation is 1. The van der Waals surface area contributed by atoms with Gasteiger partial charge in [0.05, 0.1) is 16.9 Å². The number of fused-ring (bicyclic) bond motifs is 2. The molecule has 2 aliphatic rings. The zero-order valence-electron chi connectivity index (χ0n) is 21.1. The highest BCUT2D eigenvalue weighted by Crippen LogP contribution is 2.34. The van der Waals surface area contributed by atoms with Gasteiger partial charge in [-0.3, -0.25) is 14.9 Å². The molecule has 1 saturated heterocycles. The fourth-order valence-electron chi connectivity index (χ4n) is 5.89. The Morgan fingerprint density at radius 1 is 1.22 bits per heavy atom. The van der Waals surface area contributed by atoms with Crippen molar-refractivity contribution in [2.45, 2.75) is 58.2 Å². The van der Waals surface area contributed by atoms with E-state index in [9.17, 15) is 9.50 Å². The topological polar surface area (TPSA) is 84.1 Å². The van der Waals surface area contributed by atoms with Crippen LogP contribution in [0.4, 0.5) is 4.39 Å². The van der Waals surface area contributed by atoms with Gasteiger partial charge >= 0.3 is 0 Å². The van der Waals surface area contributed by atoms with E-state index >= 15 is 0 Å². The summed E-state index contributed by atoms with van der Waals surface area (Å²) in [5, 5.41) is 18.5. The van der Waals surface area contributed by atoms with Crippen molar-refractivity contribution in [2.24, 2.45) is 0 Å². The molecule has 2 atom stereocenters. The second kappa shape index (κ2) is 9.01. The van der Waals surface area contributed by atoms with Crippen LogP contribution >= 0.6 is 0 Å². The maximum Gasteiger partial charge on any atom is 0.165 e. The van der Waals surface area contributed by atoms with Crippen molar-refractivity contribution in [2.75, 3.05) is 20.1 Å². The average Bonchev–Trinajstić information content (AvgIpc) is 3.58. The summed E-state index contributed by atoms with van der Waals surface area (Å²) in [4.78, 5) is 13.6. The molecule has 0 amide bonds. The first-order valence-electron chi connectivity index (χ1n) is 12.9. The Morgan fingerprint density at radius 3 is 2.86 bits per heavy atom. The molecule has 1 fully saturated rings. The van der Waals surface area contributed by atoms with Gasteiger partial charge in [-0.15, -0.1) is 0 Å². The predicted octanol–water partition coefficient (Wildman–Crippen LogP) is 4.87. The van der Waals surface area contributed by atoms with Crippen molar-refractivity contribution in [3.63, 3.8) is 0 Å². The lowest BCUT2D eigenvalue weighted by Crippen LogP contribution is -2.46. The fraction of sp³-hybridized carbons (Fsp3) is 0.429. The number of rotatable bonds is 5. The number of halogens is 1. The van der Waals surface area contributed by atoms with Gasteiger partial charge < -0.3 is 10.1 Å². The summed E-state index contributed by atoms with van der Waals surface area (Å²) in [5.41, 5.74) is 6.52. The number of imidazole rings is 1. The number of hydrogen-bond donors (Lipinski definition) is 3. The Morgan fingerprint density at radius 2 is 2.08 bits per heavy atom. The van der Waals surface area contributed by atoms with Gasteiger partial charge in [-0.25, -0.2) is 9.37 Å². The zero-order chi connectivity index (χ0) is 25.0. The molecule has 3 N–H and O–H groups in total. The number of aromatic nitrogens is 4. The standard InChI is InChI=1S/C28H33FN6O/c1-4-17-11-26(36)22(29)13-21(17)18-7-8-20-23(10-18)32-33-27(20)28-30-24-12-19(34(3)15-25(24)31-28)14-35-9-5-6-16(35)2/h7-8,10-11,13,16,19,36H,4-6,9,12,14-15H2,1-3H3,(H,30,31)(H,32,33)/t16-,19?/m1/s1. The average molecular weight is 489 g/mol. The SMILES string of the molecule is CCc1cc(O)c(F)cc1-c1ccc2c(-c3nc4c([nH]3)CN(C)C(CN3CCC[C@H]3C)C4)n[nH]c2c1. The summed E-state index contributed by atoms with van der Waals surface area (Å²) in [5.74, 6) is -0.145. The van der Waals surface area contributed by atoms with Crippen LogP contribution in [0.3, 0.4) is 0 Å². The maximum atomic E-state index is 14.1. The van der Waals surface area contributed by atoms with Crippen LogP contribution in [-0.2, 0) is 19.4 Å². The number of aromatic amines is 2. The van der Waals surface area contributed by atoms with Gasteiger partial charge in [0.2, 0.25) is 0 Å². The fourth-order valence-corrected chi connectivity index (χ4v) is 5.89. The smallest absolute Gasteiger partial charge is 0.165 e. The molecular formula is C28H33FN6O. The molecule has 4 aromatic rings. The lowest BCUT2D eigenvalue weighted by atomic mass is 9.96. The van der Waals surface area contributed by atoms with Crippen LogP contribution in [0.2, 0.25) is 0 Å². The van der Waals surface area contributed by atoms with E-state index in [0.29, 0.717) is 18.5 Å². The van der Waals surface area contributed by atoms with E-state index in [1.54, 1.807) is 0 Å². The summed E-state index contributed by atoms with van der Waals surface area (Å²) in [6.45, 7) is 7.47. The van der Waals surface area contributed by atoms with Crippen LogP contribution in [0.1, 0.15) is 43.6 Å². The number of phenols is 1. The molecule has 0 radical (unpaired) electrons. The third-order valence-corrected chi connectivity index (χ3v) is 8.11. The Balaban J connectivity index is 1.29. The third-order valence-electron chi connectivity index (χ3n) is 8.11. The highest BCUT2D eigenvalue weighted by molar-refractivity contribution is 5.94. The third kappa shape index (κ3) is 3.98. The number of H-pyrrole nitrogens is 2. The molecule has 2 aromatic carbocycles. The Labute approximate surface area is 210 Å². The minimum Gasteiger partial charge on any atom is -0.505 e.